The predicted molar refractivity (Wildman–Crippen MR) is 103 cm³/mol. The van der Waals surface area contributed by atoms with Crippen molar-refractivity contribution in [3.8, 4) is 5.75 Å². The average molecular weight is 388 g/mol. The minimum Gasteiger partial charge on any atom is -0.548 e. The molecule has 0 aliphatic heterocycles. The Morgan fingerprint density at radius 3 is 2.54 bits per heavy atom. The summed E-state index contributed by atoms with van der Waals surface area (Å²) in [5, 5.41) is 14.4. The van der Waals surface area contributed by atoms with Crippen LogP contribution in [-0.2, 0) is 16.0 Å². The monoisotopic (exact) mass is 388 g/mol. The normalized spacial score (nSPS) is 13.3. The molecule has 1 aromatic carbocycles. The first-order chi connectivity index (χ1) is 13.2. The van der Waals surface area contributed by atoms with Gasteiger partial charge in [-0.1, -0.05) is 27.2 Å². The lowest BCUT2D eigenvalue weighted by molar-refractivity contribution is -0.309. The summed E-state index contributed by atoms with van der Waals surface area (Å²) < 4.78 is 10.9. The molecule has 2 aromatic rings. The van der Waals surface area contributed by atoms with Crippen molar-refractivity contribution in [2.45, 2.75) is 59.1 Å². The number of carboxylic acid groups (broad SMARTS) is 1. The van der Waals surface area contributed by atoms with E-state index in [4.69, 9.17) is 9.15 Å². The Morgan fingerprint density at radius 1 is 1.21 bits per heavy atom. The molecule has 1 N–H and O–H groups in total. The van der Waals surface area contributed by atoms with E-state index in [1.54, 1.807) is 32.0 Å². The Bertz CT molecular complexity index is 901. The van der Waals surface area contributed by atoms with E-state index >= 15 is 0 Å². The fraction of sp³-hybridized carbons (Fsp3) is 0.476. The van der Waals surface area contributed by atoms with E-state index in [9.17, 15) is 19.5 Å². The summed E-state index contributed by atoms with van der Waals surface area (Å²) in [6.07, 6.45) is 1.81. The Kier molecular flexibility index (Phi) is 7.20. The van der Waals surface area contributed by atoms with Gasteiger partial charge in [0.2, 0.25) is 0 Å². The zero-order valence-corrected chi connectivity index (χ0v) is 16.6. The van der Waals surface area contributed by atoms with Gasteiger partial charge >= 0.3 is 5.63 Å². The zero-order chi connectivity index (χ0) is 20.8. The molecule has 0 bridgehead atoms. The molecule has 2 atom stereocenters. The number of unbranched alkanes of at least 4 members (excludes halogenated alkanes) is 1. The number of carbonyl (C=O) groups is 2. The number of carboxylic acids is 1. The van der Waals surface area contributed by atoms with Gasteiger partial charge in [0.25, 0.3) is 5.91 Å². The number of aliphatic carboxylic acids is 1. The molecule has 2 rings (SSSR count). The summed E-state index contributed by atoms with van der Waals surface area (Å²) in [5.41, 5.74) is 0.868. The molecule has 7 nitrogen and oxygen atoms in total. The first kappa shape index (κ1) is 21.5. The summed E-state index contributed by atoms with van der Waals surface area (Å²) in [5.74, 6) is -1.89. The number of nitrogens with one attached hydrogen (secondary N) is 1. The number of benzene rings is 1. The SMILES string of the molecule is CCCCc1cc(=O)oc2cc(O[C@@H](C)C(=O)N[C@H](C(=O)[O-])C(C)C)ccc12. The molecule has 0 saturated heterocycles. The molecule has 1 amide bonds. The number of hydrogen-bond donors (Lipinski definition) is 1. The van der Waals surface area contributed by atoms with Crippen molar-refractivity contribution in [1.82, 2.24) is 5.32 Å². The number of aryl methyl sites for hydroxylation is 1. The van der Waals surface area contributed by atoms with Crippen molar-refractivity contribution >= 4 is 22.8 Å². The van der Waals surface area contributed by atoms with Crippen LogP contribution < -0.4 is 20.8 Å². The van der Waals surface area contributed by atoms with E-state index in [1.165, 1.54) is 13.0 Å². The molecule has 0 unspecified atom stereocenters. The highest BCUT2D eigenvalue weighted by Gasteiger charge is 2.22. The predicted octanol–water partition coefficient (Wildman–Crippen LogP) is 1.79. The second-order valence-corrected chi connectivity index (χ2v) is 7.16. The average Bonchev–Trinajstić information content (AvgIpc) is 2.62. The summed E-state index contributed by atoms with van der Waals surface area (Å²) in [6.45, 7) is 6.94. The molecule has 28 heavy (non-hydrogen) atoms. The third-order valence-corrected chi connectivity index (χ3v) is 4.50. The molecule has 0 radical (unpaired) electrons. The maximum absolute atomic E-state index is 12.3. The molecule has 152 valence electrons. The maximum Gasteiger partial charge on any atom is 0.336 e. The van der Waals surface area contributed by atoms with E-state index in [2.05, 4.69) is 12.2 Å². The van der Waals surface area contributed by atoms with Gasteiger partial charge in [-0.3, -0.25) is 4.79 Å². The van der Waals surface area contributed by atoms with Gasteiger partial charge in [-0.25, -0.2) is 4.79 Å². The molecule has 0 aliphatic rings. The van der Waals surface area contributed by atoms with Crippen LogP contribution in [0, 0.1) is 5.92 Å². The number of fused-ring (bicyclic) bond motifs is 1. The molecule has 7 heteroatoms. The minimum atomic E-state index is -1.34. The minimum absolute atomic E-state index is 0.322. The molecule has 0 fully saturated rings. The first-order valence-corrected chi connectivity index (χ1v) is 9.47. The summed E-state index contributed by atoms with van der Waals surface area (Å²) in [7, 11) is 0. The van der Waals surface area contributed by atoms with Crippen molar-refractivity contribution in [2.24, 2.45) is 5.92 Å². The number of ether oxygens (including phenoxy) is 1. The number of hydrogen-bond acceptors (Lipinski definition) is 6. The molecule has 0 saturated carbocycles. The summed E-state index contributed by atoms with van der Waals surface area (Å²) >= 11 is 0. The second kappa shape index (κ2) is 9.39. The molecule has 0 aliphatic carbocycles. The van der Waals surface area contributed by atoms with Crippen LogP contribution in [0.15, 0.2) is 33.5 Å². The van der Waals surface area contributed by atoms with Gasteiger partial charge < -0.3 is 24.4 Å². The van der Waals surface area contributed by atoms with Gasteiger partial charge in [0, 0.05) is 17.5 Å². The summed E-state index contributed by atoms with van der Waals surface area (Å²) in [6, 6.07) is 5.45. The number of amides is 1. The van der Waals surface area contributed by atoms with Crippen LogP contribution in [0.1, 0.15) is 46.1 Å². The van der Waals surface area contributed by atoms with Crippen molar-refractivity contribution < 1.29 is 23.8 Å². The van der Waals surface area contributed by atoms with E-state index < -0.39 is 29.6 Å². The highest BCUT2D eigenvalue weighted by Crippen LogP contribution is 2.24. The van der Waals surface area contributed by atoms with Crippen LogP contribution in [0.2, 0.25) is 0 Å². The highest BCUT2D eigenvalue weighted by molar-refractivity contribution is 5.86. The van der Waals surface area contributed by atoms with Gasteiger partial charge in [-0.05, 0) is 43.4 Å². The lowest BCUT2D eigenvalue weighted by Gasteiger charge is -2.25. The lowest BCUT2D eigenvalue weighted by Crippen LogP contribution is -2.53. The number of carbonyl (C=O) groups excluding carboxylic acids is 2. The van der Waals surface area contributed by atoms with Gasteiger partial charge in [0.15, 0.2) is 6.10 Å². The fourth-order valence-corrected chi connectivity index (χ4v) is 2.88. The van der Waals surface area contributed by atoms with Crippen molar-refractivity contribution in [1.29, 1.82) is 0 Å². The molecule has 1 heterocycles. The highest BCUT2D eigenvalue weighted by atomic mass is 16.5. The van der Waals surface area contributed by atoms with Crippen LogP contribution in [0.5, 0.6) is 5.75 Å². The van der Waals surface area contributed by atoms with Gasteiger partial charge in [0.1, 0.15) is 11.3 Å². The van der Waals surface area contributed by atoms with E-state index in [1.807, 2.05) is 0 Å². The van der Waals surface area contributed by atoms with Gasteiger partial charge in [-0.15, -0.1) is 0 Å². The molecule has 1 aromatic heterocycles. The van der Waals surface area contributed by atoms with Gasteiger partial charge in [0.05, 0.1) is 12.0 Å². The Labute approximate surface area is 163 Å². The van der Waals surface area contributed by atoms with Crippen LogP contribution in [-0.4, -0.2) is 24.0 Å². The Balaban J connectivity index is 2.18. The fourth-order valence-electron chi connectivity index (χ4n) is 2.88. The third kappa shape index (κ3) is 5.34. The van der Waals surface area contributed by atoms with Crippen molar-refractivity contribution in [3.05, 3.63) is 40.2 Å². The van der Waals surface area contributed by atoms with Crippen LogP contribution in [0.25, 0.3) is 11.0 Å². The largest absolute Gasteiger partial charge is 0.548 e. The second-order valence-electron chi connectivity index (χ2n) is 7.16. The summed E-state index contributed by atoms with van der Waals surface area (Å²) in [4.78, 5) is 35.2. The van der Waals surface area contributed by atoms with Crippen LogP contribution >= 0.6 is 0 Å². The maximum atomic E-state index is 12.3. The topological polar surface area (TPSA) is 109 Å². The lowest BCUT2D eigenvalue weighted by atomic mass is 10.0. The third-order valence-electron chi connectivity index (χ3n) is 4.50. The van der Waals surface area contributed by atoms with Crippen molar-refractivity contribution in [2.75, 3.05) is 0 Å². The van der Waals surface area contributed by atoms with E-state index in [0.29, 0.717) is 11.3 Å². The Morgan fingerprint density at radius 2 is 1.93 bits per heavy atom. The quantitative estimate of drug-likeness (QED) is 0.656. The van der Waals surface area contributed by atoms with Crippen molar-refractivity contribution in [3.63, 3.8) is 0 Å². The standard InChI is InChI=1S/C21H27NO6/c1-5-6-7-14-10-18(23)28-17-11-15(8-9-16(14)17)27-13(4)20(24)22-19(12(2)3)21(25)26/h8-13,19H,5-7H2,1-4H3,(H,22,24)(H,25,26)/p-1/t13-,19-/m0/s1. The van der Waals surface area contributed by atoms with E-state index in [-0.39, 0.29) is 5.92 Å². The first-order valence-electron chi connectivity index (χ1n) is 9.47. The zero-order valence-electron chi connectivity index (χ0n) is 16.6. The van der Waals surface area contributed by atoms with Crippen LogP contribution in [0.4, 0.5) is 0 Å². The van der Waals surface area contributed by atoms with E-state index in [0.717, 1.165) is 30.2 Å². The smallest absolute Gasteiger partial charge is 0.336 e. The Hall–Kier alpha value is -2.83. The molecule has 0 spiro atoms. The van der Waals surface area contributed by atoms with Gasteiger partial charge in [-0.2, -0.15) is 0 Å². The molecular weight excluding hydrogens is 362 g/mol. The number of rotatable bonds is 9. The van der Waals surface area contributed by atoms with Crippen LogP contribution in [0.3, 0.4) is 0 Å². The molecular formula is C21H26NO6-.